The van der Waals surface area contributed by atoms with Gasteiger partial charge in [0.25, 0.3) is 7.37 Å². The van der Waals surface area contributed by atoms with Gasteiger partial charge in [-0.2, -0.15) is 0 Å². The molecule has 0 aliphatic heterocycles. The zero-order valence-electron chi connectivity index (χ0n) is 11.3. The van der Waals surface area contributed by atoms with Crippen LogP contribution >= 0.6 is 7.37 Å². The van der Waals surface area contributed by atoms with Gasteiger partial charge in [0.2, 0.25) is 10.7 Å². The van der Waals surface area contributed by atoms with Crippen LogP contribution in [0.4, 0.5) is 0 Å². The zero-order valence-corrected chi connectivity index (χ0v) is 12.2. The number of hydrogen-bond donors (Lipinski definition) is 7. The van der Waals surface area contributed by atoms with Crippen molar-refractivity contribution in [2.45, 2.75) is 37.6 Å². The van der Waals surface area contributed by atoms with E-state index in [9.17, 15) is 23.8 Å². The van der Waals surface area contributed by atoms with Crippen molar-refractivity contribution in [3.8, 4) is 0 Å². The molecule has 0 aromatic heterocycles. The van der Waals surface area contributed by atoms with Crippen LogP contribution in [0.15, 0.2) is 0 Å². The average Bonchev–Trinajstić information content (AvgIpc) is 2.28. The lowest BCUT2D eigenvalue weighted by atomic mass is 10.4. The van der Waals surface area contributed by atoms with Crippen molar-refractivity contribution in [1.29, 1.82) is 0 Å². The van der Waals surface area contributed by atoms with Gasteiger partial charge in [-0.3, -0.25) is 4.57 Å². The Bertz CT molecular complexity index is 434. The highest BCUT2D eigenvalue weighted by Crippen LogP contribution is 2.61. The van der Waals surface area contributed by atoms with Crippen LogP contribution in [0.5, 0.6) is 0 Å². The first-order chi connectivity index (χ1) is 9.03. The molecule has 7 N–H and O–H groups in total. The number of aliphatic hydroxyl groups excluding tert-OH is 1. The van der Waals surface area contributed by atoms with Crippen molar-refractivity contribution in [3.63, 3.8) is 0 Å². The monoisotopic (exact) mass is 332 g/mol. The second-order valence-corrected chi connectivity index (χ2v) is 7.14. The highest BCUT2D eigenvalue weighted by Gasteiger charge is 2.62. The van der Waals surface area contributed by atoms with Crippen molar-refractivity contribution in [3.05, 3.63) is 0 Å². The molecule has 0 fully saturated rings. The maximum atomic E-state index is 11.4. The lowest BCUT2D eigenvalue weighted by Gasteiger charge is -2.32. The van der Waals surface area contributed by atoms with Crippen molar-refractivity contribution in [2.75, 3.05) is 0 Å². The fourth-order valence-electron chi connectivity index (χ4n) is 0.683. The summed E-state index contributed by atoms with van der Waals surface area (Å²) in [7, 11) is -5.30. The number of carboxylic acid groups (broad SMARTS) is 3. The van der Waals surface area contributed by atoms with E-state index < -0.39 is 42.1 Å². The van der Waals surface area contributed by atoms with Gasteiger partial charge in [0.15, 0.2) is 0 Å². The summed E-state index contributed by atoms with van der Waals surface area (Å²) in [6.07, 6.45) is -1.23. The molecule has 124 valence electrons. The lowest BCUT2D eigenvalue weighted by Crippen LogP contribution is -2.46. The Morgan fingerprint density at radius 3 is 1.24 bits per heavy atom. The third kappa shape index (κ3) is 4.76. The summed E-state index contributed by atoms with van der Waals surface area (Å²) in [5.74, 6) is -5.39. The molecule has 0 aliphatic carbocycles. The standard InChI is InChI=1S/C6H11O8P.C3H6O3/c1-5(11,3(7)8)15(13,14)6(2,12)4(9)10;1-2(4)3(5)6/h11-12H,1-2H3,(H,7,8)(H,9,10)(H,13,14);2,4H,1H3,(H,5,6)/t;2-/m.0/s1. The quantitative estimate of drug-likeness (QED) is 0.282. The van der Waals surface area contributed by atoms with Gasteiger partial charge in [-0.05, 0) is 20.8 Å². The van der Waals surface area contributed by atoms with Crippen LogP contribution in [0.1, 0.15) is 20.8 Å². The Morgan fingerprint density at radius 2 is 1.14 bits per heavy atom. The van der Waals surface area contributed by atoms with Crippen LogP contribution in [0.25, 0.3) is 0 Å². The lowest BCUT2D eigenvalue weighted by molar-refractivity contribution is -0.153. The normalized spacial score (nSPS) is 20.5. The topological polar surface area (TPSA) is 210 Å². The molecule has 0 bridgehead atoms. The molecule has 21 heavy (non-hydrogen) atoms. The summed E-state index contributed by atoms with van der Waals surface area (Å²) >= 11 is 0. The second kappa shape index (κ2) is 6.96. The van der Waals surface area contributed by atoms with Crippen LogP contribution in [0, 0.1) is 0 Å². The third-order valence-corrected chi connectivity index (χ3v) is 5.09. The molecule has 0 spiro atoms. The molecule has 0 rings (SSSR count). The molecule has 3 atom stereocenters. The third-order valence-electron chi connectivity index (χ3n) is 2.35. The van der Waals surface area contributed by atoms with Gasteiger partial charge >= 0.3 is 17.9 Å². The van der Waals surface area contributed by atoms with Gasteiger partial charge in [0.05, 0.1) is 0 Å². The minimum Gasteiger partial charge on any atom is -0.479 e. The summed E-state index contributed by atoms with van der Waals surface area (Å²) in [5, 5.41) is 44.5. The number of carbonyl (C=O) groups is 3. The van der Waals surface area contributed by atoms with E-state index >= 15 is 0 Å². The Hall–Kier alpha value is -1.52. The molecule has 0 heterocycles. The van der Waals surface area contributed by atoms with Crippen molar-refractivity contribution in [2.24, 2.45) is 0 Å². The molecular formula is C9H17O11P. The minimum atomic E-state index is -5.30. The van der Waals surface area contributed by atoms with E-state index in [0.29, 0.717) is 13.8 Å². The zero-order chi connectivity index (χ0) is 17.8. The van der Waals surface area contributed by atoms with Crippen molar-refractivity contribution >= 4 is 25.3 Å². The largest absolute Gasteiger partial charge is 0.479 e. The van der Waals surface area contributed by atoms with Gasteiger partial charge in [-0.1, -0.05) is 0 Å². The van der Waals surface area contributed by atoms with Crippen LogP contribution in [-0.4, -0.2) is 70.2 Å². The molecule has 0 saturated carbocycles. The summed E-state index contributed by atoms with van der Waals surface area (Å²) in [4.78, 5) is 39.6. The Morgan fingerprint density at radius 1 is 0.952 bits per heavy atom. The maximum Gasteiger partial charge on any atom is 0.345 e. The molecule has 0 amide bonds. The van der Waals surface area contributed by atoms with Crippen LogP contribution in [-0.2, 0) is 18.9 Å². The SMILES string of the molecule is CC(O)(C(=O)O)P(=O)(O)C(C)(O)C(=O)O.C[C@H](O)C(=O)O. The molecular weight excluding hydrogens is 315 g/mol. The smallest absolute Gasteiger partial charge is 0.345 e. The molecule has 2 unspecified atom stereocenters. The fourth-order valence-corrected chi connectivity index (χ4v) is 2.05. The summed E-state index contributed by atoms with van der Waals surface area (Å²) in [6.45, 7) is 2.07. The number of rotatable bonds is 5. The molecule has 0 aromatic carbocycles. The number of aliphatic hydroxyl groups is 3. The van der Waals surface area contributed by atoms with Crippen LogP contribution in [0.3, 0.4) is 0 Å². The van der Waals surface area contributed by atoms with Gasteiger partial charge < -0.3 is 35.5 Å². The number of carboxylic acids is 3. The Kier molecular flexibility index (Phi) is 7.22. The predicted molar refractivity (Wildman–Crippen MR) is 65.7 cm³/mol. The fraction of sp³-hybridized carbons (Fsp3) is 0.667. The first-order valence-electron chi connectivity index (χ1n) is 5.18. The summed E-state index contributed by atoms with van der Waals surface area (Å²) in [5.41, 5.74) is 0. The molecule has 11 nitrogen and oxygen atoms in total. The van der Waals surface area contributed by atoms with E-state index in [0.717, 1.165) is 0 Å². The summed E-state index contributed by atoms with van der Waals surface area (Å²) in [6, 6.07) is 0. The van der Waals surface area contributed by atoms with Crippen molar-refractivity contribution < 1.29 is 54.5 Å². The molecule has 0 saturated heterocycles. The average molecular weight is 332 g/mol. The number of hydrogen-bond acceptors (Lipinski definition) is 7. The minimum absolute atomic E-state index is 0.438. The maximum absolute atomic E-state index is 11.4. The molecule has 12 heteroatoms. The predicted octanol–water partition coefficient (Wildman–Crippen LogP) is -1.71. The molecule has 0 aromatic rings. The molecule has 0 radical (unpaired) electrons. The van der Waals surface area contributed by atoms with E-state index in [1.807, 2.05) is 0 Å². The first-order valence-corrected chi connectivity index (χ1v) is 6.84. The van der Waals surface area contributed by atoms with Gasteiger partial charge in [-0.15, -0.1) is 0 Å². The van der Waals surface area contributed by atoms with Gasteiger partial charge in [0, 0.05) is 0 Å². The Balaban J connectivity index is 0. The van der Waals surface area contributed by atoms with E-state index in [-0.39, 0.29) is 0 Å². The van der Waals surface area contributed by atoms with Gasteiger partial charge in [0.1, 0.15) is 6.10 Å². The van der Waals surface area contributed by atoms with Crippen LogP contribution < -0.4 is 0 Å². The van der Waals surface area contributed by atoms with Crippen molar-refractivity contribution in [1.82, 2.24) is 0 Å². The van der Waals surface area contributed by atoms with E-state index in [2.05, 4.69) is 0 Å². The van der Waals surface area contributed by atoms with Gasteiger partial charge in [-0.25, -0.2) is 14.4 Å². The van der Waals surface area contributed by atoms with E-state index in [1.54, 1.807) is 0 Å². The van der Waals surface area contributed by atoms with E-state index in [4.69, 9.17) is 30.6 Å². The molecule has 0 aliphatic rings. The highest BCUT2D eigenvalue weighted by molar-refractivity contribution is 7.62. The first kappa shape index (κ1) is 21.8. The second-order valence-electron chi connectivity index (χ2n) is 4.24. The van der Waals surface area contributed by atoms with E-state index in [1.165, 1.54) is 6.92 Å². The summed E-state index contributed by atoms with van der Waals surface area (Å²) < 4.78 is 11.4. The Labute approximate surface area is 118 Å². The highest BCUT2D eigenvalue weighted by atomic mass is 31.2. The van der Waals surface area contributed by atoms with Crippen LogP contribution in [0.2, 0.25) is 0 Å². The number of aliphatic carboxylic acids is 3.